The SMILES string of the molecule is COC(=O)c1ccc2c(c1)nc(NCc1ccccc1)n2C1CCCC1. The van der Waals surface area contributed by atoms with Crippen molar-refractivity contribution < 1.29 is 9.53 Å². The summed E-state index contributed by atoms with van der Waals surface area (Å²) < 4.78 is 7.15. The highest BCUT2D eigenvalue weighted by Gasteiger charge is 2.23. The van der Waals surface area contributed by atoms with Crippen molar-refractivity contribution in [1.82, 2.24) is 9.55 Å². The molecule has 2 aromatic carbocycles. The molecular weight excluding hydrogens is 326 g/mol. The van der Waals surface area contributed by atoms with E-state index in [0.29, 0.717) is 11.6 Å². The van der Waals surface area contributed by atoms with Crippen molar-refractivity contribution in [3.8, 4) is 0 Å². The lowest BCUT2D eigenvalue weighted by molar-refractivity contribution is 0.0601. The number of aromatic nitrogens is 2. The van der Waals surface area contributed by atoms with Crippen LogP contribution in [0.25, 0.3) is 11.0 Å². The van der Waals surface area contributed by atoms with Gasteiger partial charge in [-0.3, -0.25) is 0 Å². The predicted molar refractivity (Wildman–Crippen MR) is 102 cm³/mol. The van der Waals surface area contributed by atoms with Crippen molar-refractivity contribution in [2.75, 3.05) is 12.4 Å². The van der Waals surface area contributed by atoms with Gasteiger partial charge >= 0.3 is 5.97 Å². The summed E-state index contributed by atoms with van der Waals surface area (Å²) in [5.74, 6) is 0.541. The number of nitrogens with zero attached hydrogens (tertiary/aromatic N) is 2. The van der Waals surface area contributed by atoms with Gasteiger partial charge in [0.15, 0.2) is 0 Å². The van der Waals surface area contributed by atoms with E-state index in [1.807, 2.05) is 36.4 Å². The standard InChI is InChI=1S/C21H23N3O2/c1-26-20(25)16-11-12-19-18(13-16)23-21(24(19)17-9-5-6-10-17)22-14-15-7-3-2-4-8-15/h2-4,7-8,11-13,17H,5-6,9-10,14H2,1H3,(H,22,23). The summed E-state index contributed by atoms with van der Waals surface area (Å²) in [5, 5.41) is 3.49. The van der Waals surface area contributed by atoms with Crippen molar-refractivity contribution in [2.24, 2.45) is 0 Å². The first kappa shape index (κ1) is 16.6. The van der Waals surface area contributed by atoms with Gasteiger partial charge in [-0.2, -0.15) is 0 Å². The molecule has 0 atom stereocenters. The second-order valence-electron chi connectivity index (χ2n) is 6.78. The Balaban J connectivity index is 1.71. The molecule has 0 bridgehead atoms. The largest absolute Gasteiger partial charge is 0.465 e. The zero-order chi connectivity index (χ0) is 17.9. The fraction of sp³-hybridized carbons (Fsp3) is 0.333. The Hall–Kier alpha value is -2.82. The topological polar surface area (TPSA) is 56.1 Å². The number of anilines is 1. The lowest BCUT2D eigenvalue weighted by Gasteiger charge is -2.17. The molecule has 3 aromatic rings. The van der Waals surface area contributed by atoms with Crippen LogP contribution in [0.1, 0.15) is 47.6 Å². The maximum Gasteiger partial charge on any atom is 0.337 e. The number of carbonyl (C=O) groups is 1. The molecule has 1 aliphatic carbocycles. The molecule has 1 aromatic heterocycles. The molecule has 0 saturated heterocycles. The molecular formula is C21H23N3O2. The molecule has 1 heterocycles. The number of hydrogen-bond acceptors (Lipinski definition) is 4. The molecule has 26 heavy (non-hydrogen) atoms. The van der Waals surface area contributed by atoms with Crippen LogP contribution in [0.2, 0.25) is 0 Å². The van der Waals surface area contributed by atoms with Gasteiger partial charge in [-0.05, 0) is 36.6 Å². The quantitative estimate of drug-likeness (QED) is 0.687. The molecule has 0 unspecified atom stereocenters. The van der Waals surface area contributed by atoms with Crippen molar-refractivity contribution in [3.63, 3.8) is 0 Å². The number of rotatable bonds is 5. The van der Waals surface area contributed by atoms with Crippen molar-refractivity contribution in [1.29, 1.82) is 0 Å². The van der Waals surface area contributed by atoms with Crippen LogP contribution >= 0.6 is 0 Å². The average Bonchev–Trinajstić information content (AvgIpc) is 3.33. The van der Waals surface area contributed by atoms with Crippen molar-refractivity contribution in [3.05, 3.63) is 59.7 Å². The Kier molecular flexibility index (Phi) is 4.61. The number of esters is 1. The molecule has 5 nitrogen and oxygen atoms in total. The molecule has 0 spiro atoms. The highest BCUT2D eigenvalue weighted by atomic mass is 16.5. The van der Waals surface area contributed by atoms with E-state index in [0.717, 1.165) is 23.5 Å². The number of hydrogen-bond donors (Lipinski definition) is 1. The van der Waals surface area contributed by atoms with Gasteiger partial charge in [-0.25, -0.2) is 9.78 Å². The number of nitrogens with one attached hydrogen (secondary N) is 1. The van der Waals surface area contributed by atoms with E-state index in [-0.39, 0.29) is 5.97 Å². The van der Waals surface area contributed by atoms with Crippen LogP contribution in [-0.2, 0) is 11.3 Å². The fourth-order valence-electron chi connectivity index (χ4n) is 3.78. The first-order valence-electron chi connectivity index (χ1n) is 9.14. The number of benzene rings is 2. The van der Waals surface area contributed by atoms with Crippen LogP contribution in [0.5, 0.6) is 0 Å². The summed E-state index contributed by atoms with van der Waals surface area (Å²) in [5.41, 5.74) is 3.65. The van der Waals surface area contributed by atoms with Crippen LogP contribution in [0.15, 0.2) is 48.5 Å². The third-order valence-corrected chi connectivity index (χ3v) is 5.09. The maximum atomic E-state index is 11.8. The summed E-state index contributed by atoms with van der Waals surface area (Å²) in [6.07, 6.45) is 4.85. The summed E-state index contributed by atoms with van der Waals surface area (Å²) in [4.78, 5) is 16.6. The minimum Gasteiger partial charge on any atom is -0.465 e. The lowest BCUT2D eigenvalue weighted by Crippen LogP contribution is -2.11. The van der Waals surface area contributed by atoms with Crippen LogP contribution in [-0.4, -0.2) is 22.6 Å². The maximum absolute atomic E-state index is 11.8. The zero-order valence-corrected chi connectivity index (χ0v) is 14.9. The zero-order valence-electron chi connectivity index (χ0n) is 14.9. The van der Waals surface area contributed by atoms with Gasteiger partial charge in [0.25, 0.3) is 0 Å². The monoisotopic (exact) mass is 349 g/mol. The second-order valence-corrected chi connectivity index (χ2v) is 6.78. The van der Waals surface area contributed by atoms with Crippen LogP contribution in [0, 0.1) is 0 Å². The number of carbonyl (C=O) groups excluding carboxylic acids is 1. The van der Waals surface area contributed by atoms with Gasteiger partial charge in [0, 0.05) is 12.6 Å². The molecule has 134 valence electrons. The second kappa shape index (κ2) is 7.20. The van der Waals surface area contributed by atoms with Gasteiger partial charge in [0.1, 0.15) is 0 Å². The third-order valence-electron chi connectivity index (χ3n) is 5.09. The Morgan fingerprint density at radius 1 is 1.19 bits per heavy atom. The van der Waals surface area contributed by atoms with E-state index in [9.17, 15) is 4.79 Å². The normalized spacial score (nSPS) is 14.7. The Morgan fingerprint density at radius 2 is 1.96 bits per heavy atom. The van der Waals surface area contributed by atoms with E-state index in [4.69, 9.17) is 9.72 Å². The molecule has 1 aliphatic rings. The van der Waals surface area contributed by atoms with Crippen molar-refractivity contribution in [2.45, 2.75) is 38.3 Å². The van der Waals surface area contributed by atoms with E-state index < -0.39 is 0 Å². The highest BCUT2D eigenvalue weighted by molar-refractivity contribution is 5.94. The smallest absolute Gasteiger partial charge is 0.337 e. The summed E-state index contributed by atoms with van der Waals surface area (Å²) in [7, 11) is 1.40. The number of fused-ring (bicyclic) bond motifs is 1. The first-order valence-corrected chi connectivity index (χ1v) is 9.14. The van der Waals surface area contributed by atoms with Crippen LogP contribution < -0.4 is 5.32 Å². The van der Waals surface area contributed by atoms with Gasteiger partial charge in [-0.15, -0.1) is 0 Å². The van der Waals surface area contributed by atoms with Crippen LogP contribution in [0.4, 0.5) is 5.95 Å². The molecule has 4 rings (SSSR count). The molecule has 0 aliphatic heterocycles. The number of imidazole rings is 1. The van der Waals surface area contributed by atoms with Gasteiger partial charge < -0.3 is 14.6 Å². The number of ether oxygens (including phenoxy) is 1. The summed E-state index contributed by atoms with van der Waals surface area (Å²) in [6.45, 7) is 0.723. The molecule has 1 fully saturated rings. The van der Waals surface area contributed by atoms with Crippen LogP contribution in [0.3, 0.4) is 0 Å². The van der Waals surface area contributed by atoms with E-state index in [2.05, 4.69) is 22.0 Å². The molecule has 0 amide bonds. The van der Waals surface area contributed by atoms with E-state index in [1.165, 1.54) is 38.4 Å². The summed E-state index contributed by atoms with van der Waals surface area (Å²) in [6, 6.07) is 16.4. The fourth-order valence-corrected chi connectivity index (χ4v) is 3.78. The minimum absolute atomic E-state index is 0.332. The Labute approximate surface area is 153 Å². The van der Waals surface area contributed by atoms with Gasteiger partial charge in [-0.1, -0.05) is 43.2 Å². The highest BCUT2D eigenvalue weighted by Crippen LogP contribution is 2.35. The Morgan fingerprint density at radius 3 is 2.69 bits per heavy atom. The lowest BCUT2D eigenvalue weighted by atomic mass is 10.2. The average molecular weight is 349 g/mol. The van der Waals surface area contributed by atoms with Gasteiger partial charge in [0.05, 0.1) is 23.7 Å². The minimum atomic E-state index is -0.332. The van der Waals surface area contributed by atoms with Gasteiger partial charge in [0.2, 0.25) is 5.95 Å². The predicted octanol–water partition coefficient (Wildman–Crippen LogP) is 4.55. The first-order chi connectivity index (χ1) is 12.8. The summed E-state index contributed by atoms with van der Waals surface area (Å²) >= 11 is 0. The molecule has 1 saturated carbocycles. The number of methoxy groups -OCH3 is 1. The molecule has 1 N–H and O–H groups in total. The molecule has 0 radical (unpaired) electrons. The molecule has 5 heteroatoms. The van der Waals surface area contributed by atoms with E-state index >= 15 is 0 Å². The van der Waals surface area contributed by atoms with E-state index in [1.54, 1.807) is 0 Å². The Bertz CT molecular complexity index is 912. The van der Waals surface area contributed by atoms with Crippen molar-refractivity contribution >= 4 is 23.0 Å². The third kappa shape index (κ3) is 3.17.